The number of fused-ring (bicyclic) bond motifs is 1. The molecule has 5 heteroatoms. The summed E-state index contributed by atoms with van der Waals surface area (Å²) in [6, 6.07) is 14.4. The summed E-state index contributed by atoms with van der Waals surface area (Å²) in [5, 5.41) is 9.73. The molecule has 27 heavy (non-hydrogen) atoms. The summed E-state index contributed by atoms with van der Waals surface area (Å²) in [6.07, 6.45) is 1.70. The number of aliphatic carboxylic acids is 1. The fourth-order valence-electron chi connectivity index (χ4n) is 3.84. The van der Waals surface area contributed by atoms with Crippen LogP contribution in [0.15, 0.2) is 48.5 Å². The minimum atomic E-state index is -0.979. The number of ether oxygens (including phenoxy) is 1. The fraction of sp³-hybridized carbons (Fsp3) is 0.364. The van der Waals surface area contributed by atoms with Crippen molar-refractivity contribution in [1.82, 2.24) is 4.90 Å². The Morgan fingerprint density at radius 2 is 1.89 bits per heavy atom. The Morgan fingerprint density at radius 1 is 1.19 bits per heavy atom. The SMILES string of the molecule is COc1ccccc1CC(C)CC(=O)N1CCc2ccccc2C1C(=O)O. The monoisotopic (exact) mass is 367 g/mol. The number of hydrogen-bond acceptors (Lipinski definition) is 3. The Balaban J connectivity index is 1.72. The fourth-order valence-corrected chi connectivity index (χ4v) is 3.84. The van der Waals surface area contributed by atoms with E-state index in [1.165, 1.54) is 4.90 Å². The summed E-state index contributed by atoms with van der Waals surface area (Å²) in [6.45, 7) is 2.45. The molecule has 0 radical (unpaired) electrons. The lowest BCUT2D eigenvalue weighted by atomic mass is 9.91. The third-order valence-electron chi connectivity index (χ3n) is 5.12. The van der Waals surface area contributed by atoms with Crippen LogP contribution in [0.4, 0.5) is 0 Å². The maximum Gasteiger partial charge on any atom is 0.331 e. The van der Waals surface area contributed by atoms with E-state index in [9.17, 15) is 14.7 Å². The average molecular weight is 367 g/mol. The number of rotatable bonds is 6. The molecule has 0 bridgehead atoms. The average Bonchev–Trinajstić information content (AvgIpc) is 2.67. The maximum atomic E-state index is 12.9. The number of methoxy groups -OCH3 is 1. The van der Waals surface area contributed by atoms with Crippen LogP contribution in [0.5, 0.6) is 5.75 Å². The molecular formula is C22H25NO4. The lowest BCUT2D eigenvalue weighted by Crippen LogP contribution is -2.44. The standard InChI is InChI=1S/C22H25NO4/c1-15(13-17-8-4-6-10-19(17)27-2)14-20(24)23-12-11-16-7-3-5-9-18(16)21(23)22(25)26/h3-10,15,21H,11-14H2,1-2H3,(H,25,26). The normalized spacial score (nSPS) is 17.1. The highest BCUT2D eigenvalue weighted by atomic mass is 16.5. The number of amides is 1. The molecule has 3 rings (SSSR count). The van der Waals surface area contributed by atoms with Crippen molar-refractivity contribution >= 4 is 11.9 Å². The smallest absolute Gasteiger partial charge is 0.331 e. The van der Waals surface area contributed by atoms with Gasteiger partial charge < -0.3 is 14.7 Å². The Kier molecular flexibility index (Phi) is 5.79. The molecule has 1 aliphatic rings. The van der Waals surface area contributed by atoms with Gasteiger partial charge in [-0.25, -0.2) is 4.79 Å². The zero-order chi connectivity index (χ0) is 19.4. The molecular weight excluding hydrogens is 342 g/mol. The van der Waals surface area contributed by atoms with Gasteiger partial charge in [0, 0.05) is 13.0 Å². The predicted molar refractivity (Wildman–Crippen MR) is 103 cm³/mol. The van der Waals surface area contributed by atoms with Gasteiger partial charge in [-0.3, -0.25) is 4.79 Å². The quantitative estimate of drug-likeness (QED) is 0.849. The number of carboxylic acids is 1. The third-order valence-corrected chi connectivity index (χ3v) is 5.12. The molecule has 1 N–H and O–H groups in total. The minimum absolute atomic E-state index is 0.0837. The van der Waals surface area contributed by atoms with E-state index in [2.05, 4.69) is 0 Å². The van der Waals surface area contributed by atoms with Gasteiger partial charge in [0.2, 0.25) is 5.91 Å². The minimum Gasteiger partial charge on any atom is -0.496 e. The van der Waals surface area contributed by atoms with Gasteiger partial charge in [0.25, 0.3) is 0 Å². The highest BCUT2D eigenvalue weighted by Crippen LogP contribution is 2.31. The Morgan fingerprint density at radius 3 is 2.63 bits per heavy atom. The number of carbonyl (C=O) groups excluding carboxylic acids is 1. The highest BCUT2D eigenvalue weighted by molar-refractivity contribution is 5.85. The molecule has 2 aromatic carbocycles. The number of nitrogens with zero attached hydrogens (tertiary/aromatic N) is 1. The van der Waals surface area contributed by atoms with Gasteiger partial charge in [0.1, 0.15) is 5.75 Å². The zero-order valence-electron chi connectivity index (χ0n) is 15.7. The van der Waals surface area contributed by atoms with Crippen molar-refractivity contribution in [2.24, 2.45) is 5.92 Å². The number of carboxylic acid groups (broad SMARTS) is 1. The van der Waals surface area contributed by atoms with Crippen molar-refractivity contribution in [3.05, 3.63) is 65.2 Å². The topological polar surface area (TPSA) is 66.8 Å². The number of benzene rings is 2. The van der Waals surface area contributed by atoms with Gasteiger partial charge in [-0.15, -0.1) is 0 Å². The van der Waals surface area contributed by atoms with Crippen LogP contribution in [-0.2, 0) is 22.4 Å². The molecule has 0 aliphatic carbocycles. The Bertz CT molecular complexity index is 833. The van der Waals surface area contributed by atoms with E-state index in [4.69, 9.17) is 4.74 Å². The summed E-state index contributed by atoms with van der Waals surface area (Å²) >= 11 is 0. The molecule has 0 saturated carbocycles. The second-order valence-electron chi connectivity index (χ2n) is 7.10. The first kappa shape index (κ1) is 19.0. The number of para-hydroxylation sites is 1. The van der Waals surface area contributed by atoms with Gasteiger partial charge in [-0.05, 0) is 41.5 Å². The maximum absolute atomic E-state index is 12.9. The van der Waals surface area contributed by atoms with E-state index in [0.717, 1.165) is 22.4 Å². The number of carbonyl (C=O) groups is 2. The van der Waals surface area contributed by atoms with Crippen LogP contribution in [-0.4, -0.2) is 35.5 Å². The van der Waals surface area contributed by atoms with E-state index in [1.807, 2.05) is 55.5 Å². The van der Waals surface area contributed by atoms with Crippen LogP contribution in [0.1, 0.15) is 36.1 Å². The predicted octanol–water partition coefficient (Wildman–Crippen LogP) is 3.47. The van der Waals surface area contributed by atoms with Crippen LogP contribution in [0, 0.1) is 5.92 Å². The molecule has 2 atom stereocenters. The molecule has 1 amide bonds. The van der Waals surface area contributed by atoms with Crippen LogP contribution in [0.3, 0.4) is 0 Å². The first-order valence-electron chi connectivity index (χ1n) is 9.23. The molecule has 142 valence electrons. The van der Waals surface area contributed by atoms with Crippen molar-refractivity contribution in [2.45, 2.75) is 32.2 Å². The van der Waals surface area contributed by atoms with Crippen LogP contribution < -0.4 is 4.74 Å². The second kappa shape index (κ2) is 8.25. The van der Waals surface area contributed by atoms with Gasteiger partial charge in [-0.2, -0.15) is 0 Å². The largest absolute Gasteiger partial charge is 0.496 e. The summed E-state index contributed by atoms with van der Waals surface area (Å²) in [5.74, 6) is -0.195. The van der Waals surface area contributed by atoms with E-state index >= 15 is 0 Å². The van der Waals surface area contributed by atoms with Crippen LogP contribution >= 0.6 is 0 Å². The first-order valence-corrected chi connectivity index (χ1v) is 9.23. The zero-order valence-corrected chi connectivity index (χ0v) is 15.7. The van der Waals surface area contributed by atoms with Gasteiger partial charge in [0.05, 0.1) is 7.11 Å². The second-order valence-corrected chi connectivity index (χ2v) is 7.10. The van der Waals surface area contributed by atoms with E-state index < -0.39 is 12.0 Å². The lowest BCUT2D eigenvalue weighted by molar-refractivity contribution is -0.151. The summed E-state index contributed by atoms with van der Waals surface area (Å²) < 4.78 is 5.38. The molecule has 2 unspecified atom stereocenters. The van der Waals surface area contributed by atoms with E-state index in [-0.39, 0.29) is 11.8 Å². The van der Waals surface area contributed by atoms with Gasteiger partial charge in [-0.1, -0.05) is 49.4 Å². The van der Waals surface area contributed by atoms with Crippen molar-refractivity contribution in [3.63, 3.8) is 0 Å². The molecule has 2 aromatic rings. The highest BCUT2D eigenvalue weighted by Gasteiger charge is 2.35. The van der Waals surface area contributed by atoms with Gasteiger partial charge in [0.15, 0.2) is 6.04 Å². The third kappa shape index (κ3) is 4.13. The molecule has 0 fully saturated rings. The van der Waals surface area contributed by atoms with Gasteiger partial charge >= 0.3 is 5.97 Å². The lowest BCUT2D eigenvalue weighted by Gasteiger charge is -2.35. The Labute approximate surface area is 159 Å². The van der Waals surface area contributed by atoms with Crippen LogP contribution in [0.2, 0.25) is 0 Å². The van der Waals surface area contributed by atoms with Crippen LogP contribution in [0.25, 0.3) is 0 Å². The van der Waals surface area contributed by atoms with Crippen molar-refractivity contribution in [1.29, 1.82) is 0 Å². The molecule has 0 spiro atoms. The van der Waals surface area contributed by atoms with Crippen molar-refractivity contribution < 1.29 is 19.4 Å². The Hall–Kier alpha value is -2.82. The van der Waals surface area contributed by atoms with E-state index in [1.54, 1.807) is 7.11 Å². The molecule has 5 nitrogen and oxygen atoms in total. The number of hydrogen-bond donors (Lipinski definition) is 1. The summed E-state index contributed by atoms with van der Waals surface area (Å²) in [4.78, 5) is 26.3. The molecule has 0 saturated heterocycles. The first-order chi connectivity index (χ1) is 13.0. The molecule has 1 aliphatic heterocycles. The molecule has 0 aromatic heterocycles. The summed E-state index contributed by atoms with van der Waals surface area (Å²) in [7, 11) is 1.64. The van der Waals surface area contributed by atoms with E-state index in [0.29, 0.717) is 25.8 Å². The van der Waals surface area contributed by atoms with Crippen molar-refractivity contribution in [2.75, 3.05) is 13.7 Å². The molecule has 1 heterocycles. The summed E-state index contributed by atoms with van der Waals surface area (Å²) in [5.41, 5.74) is 2.79. The van der Waals surface area contributed by atoms with Crippen molar-refractivity contribution in [3.8, 4) is 5.75 Å².